The van der Waals surface area contributed by atoms with E-state index in [1.807, 2.05) is 6.20 Å². The predicted molar refractivity (Wildman–Crippen MR) is 68.6 cm³/mol. The molecule has 2 heterocycles. The van der Waals surface area contributed by atoms with Crippen molar-refractivity contribution < 1.29 is 4.79 Å². The second kappa shape index (κ2) is 5.46. The average molecular weight is 254 g/mol. The predicted octanol–water partition coefficient (Wildman–Crippen LogP) is 0.683. The van der Waals surface area contributed by atoms with Crippen LogP contribution in [0.4, 0.5) is 5.13 Å². The standard InChI is InChI=1S/C11H18N4OS/c1-13-10(16)8-2-4-15(5-3-8)7-9-6-14-11(12)17-9/h6,8H,2-5,7H2,1H3,(H2,12,14)(H,13,16). The second-order valence-corrected chi connectivity index (χ2v) is 5.48. The van der Waals surface area contributed by atoms with Crippen LogP contribution in [-0.4, -0.2) is 35.9 Å². The quantitative estimate of drug-likeness (QED) is 0.832. The molecule has 1 aliphatic rings. The van der Waals surface area contributed by atoms with Gasteiger partial charge in [-0.25, -0.2) is 4.98 Å². The summed E-state index contributed by atoms with van der Waals surface area (Å²) in [6.45, 7) is 2.83. The molecule has 6 heteroatoms. The summed E-state index contributed by atoms with van der Waals surface area (Å²) in [5.74, 6) is 0.356. The molecule has 3 N–H and O–H groups in total. The summed E-state index contributed by atoms with van der Waals surface area (Å²) in [4.78, 5) is 19.1. The summed E-state index contributed by atoms with van der Waals surface area (Å²) >= 11 is 1.54. The molecule has 1 fully saturated rings. The molecule has 1 aliphatic heterocycles. The van der Waals surface area contributed by atoms with Gasteiger partial charge in [0.1, 0.15) is 0 Å². The molecule has 1 aromatic rings. The lowest BCUT2D eigenvalue weighted by molar-refractivity contribution is -0.125. The Morgan fingerprint density at radius 3 is 2.88 bits per heavy atom. The van der Waals surface area contributed by atoms with Gasteiger partial charge in [-0.1, -0.05) is 0 Å². The normalized spacial score (nSPS) is 18.2. The molecule has 0 aliphatic carbocycles. The van der Waals surface area contributed by atoms with Gasteiger partial charge < -0.3 is 11.1 Å². The van der Waals surface area contributed by atoms with Gasteiger partial charge in [-0.3, -0.25) is 9.69 Å². The highest BCUT2D eigenvalue weighted by Gasteiger charge is 2.24. The van der Waals surface area contributed by atoms with Crippen LogP contribution >= 0.6 is 11.3 Å². The second-order valence-electron chi connectivity index (χ2n) is 4.33. The number of thiazole rings is 1. The Bertz CT molecular complexity index is 385. The molecular formula is C11H18N4OS. The highest BCUT2D eigenvalue weighted by molar-refractivity contribution is 7.15. The van der Waals surface area contributed by atoms with Crippen LogP contribution in [0.1, 0.15) is 17.7 Å². The third-order valence-electron chi connectivity index (χ3n) is 3.16. The molecule has 0 radical (unpaired) electrons. The summed E-state index contributed by atoms with van der Waals surface area (Å²) in [5, 5.41) is 3.35. The summed E-state index contributed by atoms with van der Waals surface area (Å²) in [7, 11) is 1.70. The van der Waals surface area contributed by atoms with Gasteiger partial charge in [0.2, 0.25) is 5.91 Å². The molecule has 1 amide bonds. The summed E-state index contributed by atoms with van der Waals surface area (Å²) in [6.07, 6.45) is 3.72. The molecule has 2 rings (SSSR count). The van der Waals surface area contributed by atoms with Crippen molar-refractivity contribution in [1.82, 2.24) is 15.2 Å². The number of nitrogens with zero attached hydrogens (tertiary/aromatic N) is 2. The lowest BCUT2D eigenvalue weighted by Crippen LogP contribution is -2.39. The van der Waals surface area contributed by atoms with Gasteiger partial charge in [0, 0.05) is 30.6 Å². The maximum Gasteiger partial charge on any atom is 0.222 e. The van der Waals surface area contributed by atoms with Crippen molar-refractivity contribution in [2.75, 3.05) is 25.9 Å². The van der Waals surface area contributed by atoms with Gasteiger partial charge in [-0.2, -0.15) is 0 Å². The van der Waals surface area contributed by atoms with E-state index >= 15 is 0 Å². The van der Waals surface area contributed by atoms with Gasteiger partial charge in [0.15, 0.2) is 5.13 Å². The van der Waals surface area contributed by atoms with E-state index in [9.17, 15) is 4.79 Å². The van der Waals surface area contributed by atoms with Crippen LogP contribution in [0.15, 0.2) is 6.20 Å². The Balaban J connectivity index is 1.81. The van der Waals surface area contributed by atoms with E-state index in [0.29, 0.717) is 5.13 Å². The first kappa shape index (κ1) is 12.3. The molecule has 0 bridgehead atoms. The summed E-state index contributed by atoms with van der Waals surface area (Å²) in [6, 6.07) is 0. The molecule has 1 saturated heterocycles. The van der Waals surface area contributed by atoms with Gasteiger partial charge >= 0.3 is 0 Å². The lowest BCUT2D eigenvalue weighted by Gasteiger charge is -2.30. The third kappa shape index (κ3) is 3.17. The van der Waals surface area contributed by atoms with Crippen molar-refractivity contribution in [3.05, 3.63) is 11.1 Å². The van der Waals surface area contributed by atoms with E-state index in [-0.39, 0.29) is 11.8 Å². The van der Waals surface area contributed by atoms with Gasteiger partial charge in [-0.05, 0) is 25.9 Å². The third-order valence-corrected chi connectivity index (χ3v) is 3.97. The number of nitrogens with two attached hydrogens (primary N) is 1. The Labute approximate surface area is 105 Å². The SMILES string of the molecule is CNC(=O)C1CCN(Cc2cnc(N)s2)CC1. The van der Waals surface area contributed by atoms with Crippen molar-refractivity contribution in [3.8, 4) is 0 Å². The number of nitrogens with one attached hydrogen (secondary N) is 1. The number of piperidine rings is 1. The maximum absolute atomic E-state index is 11.5. The number of carbonyl (C=O) groups is 1. The van der Waals surface area contributed by atoms with E-state index in [4.69, 9.17) is 5.73 Å². The van der Waals surface area contributed by atoms with Crippen LogP contribution in [0.25, 0.3) is 0 Å². The number of nitrogen functional groups attached to an aromatic ring is 1. The molecule has 0 unspecified atom stereocenters. The highest BCUT2D eigenvalue weighted by atomic mass is 32.1. The smallest absolute Gasteiger partial charge is 0.222 e. The highest BCUT2D eigenvalue weighted by Crippen LogP contribution is 2.21. The number of hydrogen-bond donors (Lipinski definition) is 2. The molecule has 0 aromatic carbocycles. The van der Waals surface area contributed by atoms with E-state index < -0.39 is 0 Å². The summed E-state index contributed by atoms with van der Waals surface area (Å²) < 4.78 is 0. The van der Waals surface area contributed by atoms with E-state index in [0.717, 1.165) is 32.5 Å². The Morgan fingerprint density at radius 1 is 1.65 bits per heavy atom. The topological polar surface area (TPSA) is 71.2 Å². The van der Waals surface area contributed by atoms with Crippen LogP contribution in [0.5, 0.6) is 0 Å². The molecule has 5 nitrogen and oxygen atoms in total. The molecule has 0 atom stereocenters. The number of aromatic nitrogens is 1. The average Bonchev–Trinajstić information content (AvgIpc) is 2.75. The molecular weight excluding hydrogens is 236 g/mol. The van der Waals surface area contributed by atoms with E-state index in [1.165, 1.54) is 16.2 Å². The van der Waals surface area contributed by atoms with Gasteiger partial charge in [0.05, 0.1) is 0 Å². The van der Waals surface area contributed by atoms with E-state index in [2.05, 4.69) is 15.2 Å². The largest absolute Gasteiger partial charge is 0.375 e. The Hall–Kier alpha value is -1.14. The number of hydrogen-bond acceptors (Lipinski definition) is 5. The minimum Gasteiger partial charge on any atom is -0.375 e. The number of carbonyl (C=O) groups excluding carboxylic acids is 1. The minimum atomic E-state index is 0.173. The van der Waals surface area contributed by atoms with Crippen LogP contribution < -0.4 is 11.1 Å². The zero-order valence-electron chi connectivity index (χ0n) is 9.98. The maximum atomic E-state index is 11.5. The van der Waals surface area contributed by atoms with Crippen LogP contribution in [0.3, 0.4) is 0 Å². The fourth-order valence-electron chi connectivity index (χ4n) is 2.17. The van der Waals surface area contributed by atoms with Gasteiger partial charge in [-0.15, -0.1) is 11.3 Å². The van der Waals surface area contributed by atoms with Gasteiger partial charge in [0.25, 0.3) is 0 Å². The first-order valence-corrected chi connectivity index (χ1v) is 6.65. The number of likely N-dealkylation sites (tertiary alicyclic amines) is 1. The Morgan fingerprint density at radius 2 is 2.35 bits per heavy atom. The first-order valence-electron chi connectivity index (χ1n) is 5.83. The first-order chi connectivity index (χ1) is 8.19. The van der Waals surface area contributed by atoms with Crippen molar-refractivity contribution in [3.63, 3.8) is 0 Å². The number of rotatable bonds is 3. The zero-order valence-corrected chi connectivity index (χ0v) is 10.8. The monoisotopic (exact) mass is 254 g/mol. The van der Waals surface area contributed by atoms with Crippen molar-refractivity contribution >= 4 is 22.4 Å². The fourth-order valence-corrected chi connectivity index (χ4v) is 2.90. The zero-order chi connectivity index (χ0) is 12.3. The van der Waals surface area contributed by atoms with Crippen LogP contribution in [0, 0.1) is 5.92 Å². The minimum absolute atomic E-state index is 0.173. The summed E-state index contributed by atoms with van der Waals surface area (Å²) in [5.41, 5.74) is 5.60. The van der Waals surface area contributed by atoms with Crippen molar-refractivity contribution in [2.45, 2.75) is 19.4 Å². The molecule has 0 saturated carbocycles. The van der Waals surface area contributed by atoms with Crippen molar-refractivity contribution in [1.29, 1.82) is 0 Å². The number of anilines is 1. The van der Waals surface area contributed by atoms with Crippen LogP contribution in [-0.2, 0) is 11.3 Å². The van der Waals surface area contributed by atoms with Crippen molar-refractivity contribution in [2.24, 2.45) is 5.92 Å². The van der Waals surface area contributed by atoms with Crippen LogP contribution in [0.2, 0.25) is 0 Å². The molecule has 94 valence electrons. The number of amides is 1. The van der Waals surface area contributed by atoms with E-state index in [1.54, 1.807) is 7.05 Å². The lowest BCUT2D eigenvalue weighted by atomic mass is 9.96. The fraction of sp³-hybridized carbons (Fsp3) is 0.636. The molecule has 17 heavy (non-hydrogen) atoms. The molecule has 1 aromatic heterocycles. The molecule has 0 spiro atoms. The Kier molecular flexibility index (Phi) is 3.96.